The molecular weight excluding hydrogens is 328 g/mol. The molecule has 2 rings (SSSR count). The lowest BCUT2D eigenvalue weighted by Gasteiger charge is -2.13. The first kappa shape index (κ1) is 17.9. The van der Waals surface area contributed by atoms with Crippen molar-refractivity contribution in [3.05, 3.63) is 50.0 Å². The van der Waals surface area contributed by atoms with Crippen LogP contribution in [0.25, 0.3) is 0 Å². The van der Waals surface area contributed by atoms with Crippen molar-refractivity contribution in [2.75, 3.05) is 11.9 Å². The SMILES string of the molecule is Cc1nc(C)c([C@H](C)NC(=O)CCNc2ccccc2[N+](=O)[O-])s1. The summed E-state index contributed by atoms with van der Waals surface area (Å²) in [5.74, 6) is -0.112. The number of anilines is 1. The topological polar surface area (TPSA) is 97.2 Å². The third kappa shape index (κ3) is 4.51. The van der Waals surface area contributed by atoms with E-state index < -0.39 is 4.92 Å². The van der Waals surface area contributed by atoms with Crippen LogP contribution in [0.2, 0.25) is 0 Å². The molecule has 0 unspecified atom stereocenters. The molecule has 0 aliphatic carbocycles. The highest BCUT2D eigenvalue weighted by atomic mass is 32.1. The van der Waals surface area contributed by atoms with E-state index in [0.717, 1.165) is 15.6 Å². The number of carbonyl (C=O) groups excluding carboxylic acids is 1. The number of para-hydroxylation sites is 2. The molecule has 128 valence electrons. The zero-order valence-electron chi connectivity index (χ0n) is 13.8. The standard InChI is InChI=1S/C16H20N4O3S/c1-10-16(24-12(3)18-10)11(2)19-15(21)8-9-17-13-6-4-5-7-14(13)20(22)23/h4-7,11,17H,8-9H2,1-3H3,(H,19,21)/t11-/m0/s1. The number of nitro benzene ring substituents is 1. The first-order valence-corrected chi connectivity index (χ1v) is 8.40. The summed E-state index contributed by atoms with van der Waals surface area (Å²) >= 11 is 1.57. The Kier molecular flexibility index (Phi) is 5.86. The fraction of sp³-hybridized carbons (Fsp3) is 0.375. The smallest absolute Gasteiger partial charge is 0.292 e. The average molecular weight is 348 g/mol. The Hall–Kier alpha value is -2.48. The molecule has 0 saturated carbocycles. The van der Waals surface area contributed by atoms with E-state index in [0.29, 0.717) is 12.2 Å². The maximum atomic E-state index is 12.1. The van der Waals surface area contributed by atoms with Crippen molar-refractivity contribution in [2.24, 2.45) is 0 Å². The highest BCUT2D eigenvalue weighted by Crippen LogP contribution is 2.25. The second kappa shape index (κ2) is 7.87. The Balaban J connectivity index is 1.86. The predicted octanol–water partition coefficient (Wildman–Crippen LogP) is 3.35. The van der Waals surface area contributed by atoms with E-state index in [1.165, 1.54) is 6.07 Å². The van der Waals surface area contributed by atoms with Crippen LogP contribution in [0.4, 0.5) is 11.4 Å². The molecule has 0 aliphatic rings. The average Bonchev–Trinajstić information content (AvgIpc) is 2.86. The minimum Gasteiger partial charge on any atom is -0.379 e. The molecule has 7 nitrogen and oxygen atoms in total. The summed E-state index contributed by atoms with van der Waals surface area (Å²) in [4.78, 5) is 28.0. The molecule has 1 amide bonds. The summed E-state index contributed by atoms with van der Waals surface area (Å²) in [6.45, 7) is 6.11. The number of nitro groups is 1. The minimum absolute atomic E-state index is 0.00189. The molecule has 2 aromatic rings. The van der Waals surface area contributed by atoms with Gasteiger partial charge < -0.3 is 10.6 Å². The summed E-state index contributed by atoms with van der Waals surface area (Å²) < 4.78 is 0. The van der Waals surface area contributed by atoms with Crippen molar-refractivity contribution >= 4 is 28.6 Å². The Morgan fingerprint density at radius 3 is 2.71 bits per heavy atom. The van der Waals surface area contributed by atoms with Gasteiger partial charge in [-0.3, -0.25) is 14.9 Å². The van der Waals surface area contributed by atoms with Crippen molar-refractivity contribution in [3.63, 3.8) is 0 Å². The number of aromatic nitrogens is 1. The first-order chi connectivity index (χ1) is 11.4. The molecule has 1 aromatic heterocycles. The van der Waals surface area contributed by atoms with Crippen molar-refractivity contribution in [1.82, 2.24) is 10.3 Å². The maximum Gasteiger partial charge on any atom is 0.292 e. The number of nitrogens with zero attached hydrogens (tertiary/aromatic N) is 2. The van der Waals surface area contributed by atoms with Gasteiger partial charge in [0.2, 0.25) is 5.91 Å². The van der Waals surface area contributed by atoms with Crippen LogP contribution in [0.5, 0.6) is 0 Å². The number of aryl methyl sites for hydroxylation is 2. The van der Waals surface area contributed by atoms with E-state index in [1.807, 2.05) is 20.8 Å². The van der Waals surface area contributed by atoms with Gasteiger partial charge >= 0.3 is 0 Å². The predicted molar refractivity (Wildman–Crippen MR) is 94.3 cm³/mol. The Bertz CT molecular complexity index is 745. The summed E-state index contributed by atoms with van der Waals surface area (Å²) in [7, 11) is 0. The van der Waals surface area contributed by atoms with E-state index in [-0.39, 0.29) is 24.1 Å². The summed E-state index contributed by atoms with van der Waals surface area (Å²) in [5, 5.41) is 17.8. The van der Waals surface area contributed by atoms with Crippen molar-refractivity contribution in [2.45, 2.75) is 33.2 Å². The van der Waals surface area contributed by atoms with E-state index in [2.05, 4.69) is 15.6 Å². The minimum atomic E-state index is -0.445. The van der Waals surface area contributed by atoms with Crippen LogP contribution in [0.1, 0.15) is 35.0 Å². The van der Waals surface area contributed by atoms with Crippen molar-refractivity contribution in [1.29, 1.82) is 0 Å². The Morgan fingerprint density at radius 1 is 1.38 bits per heavy atom. The van der Waals surface area contributed by atoms with E-state index in [4.69, 9.17) is 0 Å². The van der Waals surface area contributed by atoms with Gasteiger partial charge in [-0.1, -0.05) is 12.1 Å². The maximum absolute atomic E-state index is 12.1. The number of benzene rings is 1. The van der Waals surface area contributed by atoms with Crippen LogP contribution in [0.15, 0.2) is 24.3 Å². The number of thiazole rings is 1. The summed E-state index contributed by atoms with van der Waals surface area (Å²) in [5.41, 5.74) is 1.35. The Labute approximate surface area is 144 Å². The molecule has 1 heterocycles. The quantitative estimate of drug-likeness (QED) is 0.591. The largest absolute Gasteiger partial charge is 0.379 e. The third-order valence-electron chi connectivity index (χ3n) is 3.48. The van der Waals surface area contributed by atoms with E-state index in [9.17, 15) is 14.9 Å². The molecule has 0 radical (unpaired) electrons. The molecule has 24 heavy (non-hydrogen) atoms. The van der Waals surface area contributed by atoms with Gasteiger partial charge in [-0.05, 0) is 26.8 Å². The zero-order valence-corrected chi connectivity index (χ0v) is 14.6. The monoisotopic (exact) mass is 348 g/mol. The van der Waals surface area contributed by atoms with Gasteiger partial charge in [0.1, 0.15) is 5.69 Å². The van der Waals surface area contributed by atoms with E-state index >= 15 is 0 Å². The van der Waals surface area contributed by atoms with Gasteiger partial charge in [0, 0.05) is 23.9 Å². The van der Waals surface area contributed by atoms with Crippen LogP contribution < -0.4 is 10.6 Å². The normalized spacial score (nSPS) is 11.8. The van der Waals surface area contributed by atoms with Crippen LogP contribution in [0.3, 0.4) is 0 Å². The highest BCUT2D eigenvalue weighted by Gasteiger charge is 2.16. The second-order valence-corrected chi connectivity index (χ2v) is 6.66. The van der Waals surface area contributed by atoms with Crippen LogP contribution in [-0.2, 0) is 4.79 Å². The number of nitrogens with one attached hydrogen (secondary N) is 2. The summed E-state index contributed by atoms with van der Waals surface area (Å²) in [6, 6.07) is 6.28. The fourth-order valence-electron chi connectivity index (χ4n) is 2.42. The number of hydrogen-bond acceptors (Lipinski definition) is 6. The lowest BCUT2D eigenvalue weighted by molar-refractivity contribution is -0.384. The number of hydrogen-bond donors (Lipinski definition) is 2. The van der Waals surface area contributed by atoms with Gasteiger partial charge in [-0.25, -0.2) is 4.98 Å². The van der Waals surface area contributed by atoms with E-state index in [1.54, 1.807) is 29.5 Å². The highest BCUT2D eigenvalue weighted by molar-refractivity contribution is 7.11. The molecule has 0 saturated heterocycles. The third-order valence-corrected chi connectivity index (χ3v) is 4.73. The number of amides is 1. The lowest BCUT2D eigenvalue weighted by Crippen LogP contribution is -2.28. The van der Waals surface area contributed by atoms with Crippen LogP contribution >= 0.6 is 11.3 Å². The van der Waals surface area contributed by atoms with Gasteiger partial charge in [0.25, 0.3) is 5.69 Å². The van der Waals surface area contributed by atoms with Gasteiger partial charge in [-0.15, -0.1) is 11.3 Å². The molecule has 8 heteroatoms. The van der Waals surface area contributed by atoms with Crippen molar-refractivity contribution in [3.8, 4) is 0 Å². The van der Waals surface area contributed by atoms with Crippen molar-refractivity contribution < 1.29 is 9.72 Å². The molecule has 1 atom stereocenters. The lowest BCUT2D eigenvalue weighted by atomic mass is 10.2. The first-order valence-electron chi connectivity index (χ1n) is 7.59. The number of carbonyl (C=O) groups is 1. The summed E-state index contributed by atoms with van der Waals surface area (Å²) in [6.07, 6.45) is 0.229. The molecule has 0 spiro atoms. The molecule has 2 N–H and O–H groups in total. The van der Waals surface area contributed by atoms with Crippen LogP contribution in [0, 0.1) is 24.0 Å². The molecule has 1 aromatic carbocycles. The van der Waals surface area contributed by atoms with Gasteiger partial charge in [-0.2, -0.15) is 0 Å². The van der Waals surface area contributed by atoms with Gasteiger partial charge in [0.05, 0.1) is 21.7 Å². The molecule has 0 bridgehead atoms. The zero-order chi connectivity index (χ0) is 17.7. The molecule has 0 aliphatic heterocycles. The van der Waals surface area contributed by atoms with Crippen LogP contribution in [-0.4, -0.2) is 22.4 Å². The Morgan fingerprint density at radius 2 is 2.08 bits per heavy atom. The molecular formula is C16H20N4O3S. The fourth-order valence-corrected chi connectivity index (χ4v) is 3.35. The molecule has 0 fully saturated rings. The number of rotatable bonds is 7. The van der Waals surface area contributed by atoms with Gasteiger partial charge in [0.15, 0.2) is 0 Å². The second-order valence-electron chi connectivity index (χ2n) is 5.42.